The smallest absolute Gasteiger partial charge is 0.238 e. The fraction of sp³-hybridized carbons (Fsp3) is 0.357. The van der Waals surface area contributed by atoms with Gasteiger partial charge in [0.2, 0.25) is 10.0 Å². The Kier molecular flexibility index (Phi) is 4.34. The number of nitrogens with zero attached hydrogens (tertiary/aromatic N) is 2. The number of sulfonamides is 1. The molecule has 0 saturated heterocycles. The Labute approximate surface area is 124 Å². The Balaban J connectivity index is 2.22. The van der Waals surface area contributed by atoms with Gasteiger partial charge in [-0.1, -0.05) is 0 Å². The molecular weight excluding hydrogens is 290 g/mol. The van der Waals surface area contributed by atoms with E-state index in [0.717, 1.165) is 11.1 Å². The van der Waals surface area contributed by atoms with Crippen molar-refractivity contribution in [3.05, 3.63) is 41.5 Å². The summed E-state index contributed by atoms with van der Waals surface area (Å²) in [5.41, 5.74) is 2.18. The molecule has 0 aliphatic rings. The van der Waals surface area contributed by atoms with Crippen LogP contribution in [0.2, 0.25) is 0 Å². The maximum Gasteiger partial charge on any atom is 0.238 e. The first kappa shape index (κ1) is 15.5. The molecular formula is C14H19N3O3S. The molecule has 2 N–H and O–H groups in total. The minimum atomic E-state index is -3.72. The van der Waals surface area contributed by atoms with Crippen LogP contribution in [0, 0.1) is 20.8 Å². The molecule has 114 valence electrons. The van der Waals surface area contributed by atoms with E-state index in [4.69, 9.17) is 9.88 Å². The van der Waals surface area contributed by atoms with E-state index in [2.05, 4.69) is 4.98 Å². The molecule has 7 heteroatoms. The van der Waals surface area contributed by atoms with Crippen LogP contribution in [0.3, 0.4) is 0 Å². The van der Waals surface area contributed by atoms with Gasteiger partial charge in [-0.05, 0) is 43.5 Å². The van der Waals surface area contributed by atoms with E-state index in [1.807, 2.05) is 24.6 Å². The lowest BCUT2D eigenvalue weighted by Crippen LogP contribution is -2.16. The number of rotatable bonds is 5. The molecule has 0 saturated carbocycles. The number of primary sulfonamides is 1. The van der Waals surface area contributed by atoms with Crippen molar-refractivity contribution in [3.8, 4) is 5.75 Å². The van der Waals surface area contributed by atoms with Crippen molar-refractivity contribution >= 4 is 10.0 Å². The topological polar surface area (TPSA) is 87.2 Å². The Hall–Kier alpha value is -1.86. The Bertz CT molecular complexity index is 737. The molecule has 1 aromatic carbocycles. The molecule has 0 amide bonds. The maximum atomic E-state index is 11.6. The quantitative estimate of drug-likeness (QED) is 0.907. The zero-order valence-corrected chi connectivity index (χ0v) is 13.1. The van der Waals surface area contributed by atoms with Crippen molar-refractivity contribution in [2.24, 2.45) is 5.14 Å². The summed E-state index contributed by atoms with van der Waals surface area (Å²) in [4.78, 5) is 4.11. The molecule has 2 rings (SSSR count). The largest absolute Gasteiger partial charge is 0.491 e. The summed E-state index contributed by atoms with van der Waals surface area (Å²) >= 11 is 0. The van der Waals surface area contributed by atoms with Crippen molar-refractivity contribution in [1.82, 2.24) is 9.55 Å². The van der Waals surface area contributed by atoms with Crippen LogP contribution in [0.1, 0.15) is 16.7 Å². The molecule has 0 bridgehead atoms. The van der Waals surface area contributed by atoms with Gasteiger partial charge in [0.1, 0.15) is 12.4 Å². The van der Waals surface area contributed by atoms with Gasteiger partial charge in [-0.25, -0.2) is 18.5 Å². The van der Waals surface area contributed by atoms with Gasteiger partial charge < -0.3 is 9.30 Å². The van der Waals surface area contributed by atoms with Gasteiger partial charge in [0.05, 0.1) is 17.8 Å². The number of benzene rings is 1. The van der Waals surface area contributed by atoms with E-state index in [1.165, 1.54) is 0 Å². The second kappa shape index (κ2) is 5.87. The SMILES string of the molecule is Cc1cc(S(N)(=O)=O)c(C)c(C)c1OCCn1ccnc1. The Morgan fingerprint density at radius 3 is 2.57 bits per heavy atom. The van der Waals surface area contributed by atoms with Crippen LogP contribution in [0.4, 0.5) is 0 Å². The Morgan fingerprint density at radius 2 is 2.00 bits per heavy atom. The lowest BCUT2D eigenvalue weighted by Gasteiger charge is -2.16. The minimum Gasteiger partial charge on any atom is -0.491 e. The fourth-order valence-corrected chi connectivity index (χ4v) is 3.13. The number of nitrogens with two attached hydrogens (primary N) is 1. The number of aromatic nitrogens is 2. The first-order valence-electron chi connectivity index (χ1n) is 6.53. The Morgan fingerprint density at radius 1 is 1.29 bits per heavy atom. The van der Waals surface area contributed by atoms with Gasteiger partial charge in [-0.15, -0.1) is 0 Å². The summed E-state index contributed by atoms with van der Waals surface area (Å²) in [6.07, 6.45) is 5.29. The second-order valence-electron chi connectivity index (χ2n) is 4.96. The van der Waals surface area contributed by atoms with Crippen molar-refractivity contribution in [3.63, 3.8) is 0 Å². The van der Waals surface area contributed by atoms with E-state index in [0.29, 0.717) is 24.5 Å². The monoisotopic (exact) mass is 309 g/mol. The third-order valence-electron chi connectivity index (χ3n) is 3.44. The molecule has 0 aliphatic carbocycles. The number of hydrogen-bond acceptors (Lipinski definition) is 4. The van der Waals surface area contributed by atoms with Crippen LogP contribution in [-0.2, 0) is 16.6 Å². The van der Waals surface area contributed by atoms with E-state index >= 15 is 0 Å². The van der Waals surface area contributed by atoms with E-state index < -0.39 is 10.0 Å². The summed E-state index contributed by atoms with van der Waals surface area (Å²) in [5.74, 6) is 0.708. The first-order chi connectivity index (χ1) is 9.80. The van der Waals surface area contributed by atoms with Crippen LogP contribution >= 0.6 is 0 Å². The standard InChI is InChI=1S/C14H19N3O3S/c1-10-8-13(21(15,18)19)11(2)12(3)14(10)20-7-6-17-5-4-16-9-17/h4-5,8-9H,6-7H2,1-3H3,(H2,15,18,19). The zero-order chi connectivity index (χ0) is 15.6. The molecule has 0 unspecified atom stereocenters. The van der Waals surface area contributed by atoms with Crippen LogP contribution in [0.5, 0.6) is 5.75 Å². The summed E-state index contributed by atoms with van der Waals surface area (Å²) in [7, 11) is -3.72. The molecule has 0 radical (unpaired) electrons. The molecule has 0 spiro atoms. The first-order valence-corrected chi connectivity index (χ1v) is 8.07. The van der Waals surface area contributed by atoms with Crippen LogP contribution in [0.25, 0.3) is 0 Å². The molecule has 0 atom stereocenters. The predicted molar refractivity (Wildman–Crippen MR) is 79.7 cm³/mol. The highest BCUT2D eigenvalue weighted by molar-refractivity contribution is 7.89. The molecule has 0 fully saturated rings. The van der Waals surface area contributed by atoms with Gasteiger partial charge in [0.25, 0.3) is 0 Å². The lowest BCUT2D eigenvalue weighted by atomic mass is 10.1. The molecule has 6 nitrogen and oxygen atoms in total. The van der Waals surface area contributed by atoms with Crippen molar-refractivity contribution < 1.29 is 13.2 Å². The summed E-state index contributed by atoms with van der Waals surface area (Å²) in [6.45, 7) is 6.54. The lowest BCUT2D eigenvalue weighted by molar-refractivity contribution is 0.294. The van der Waals surface area contributed by atoms with Crippen LogP contribution in [-0.4, -0.2) is 24.6 Å². The van der Waals surface area contributed by atoms with Crippen LogP contribution in [0.15, 0.2) is 29.7 Å². The molecule has 21 heavy (non-hydrogen) atoms. The van der Waals surface area contributed by atoms with Crippen molar-refractivity contribution in [1.29, 1.82) is 0 Å². The normalized spacial score (nSPS) is 11.6. The van der Waals surface area contributed by atoms with E-state index in [-0.39, 0.29) is 4.90 Å². The zero-order valence-electron chi connectivity index (χ0n) is 12.3. The summed E-state index contributed by atoms with van der Waals surface area (Å²) < 4.78 is 30.8. The van der Waals surface area contributed by atoms with Gasteiger partial charge >= 0.3 is 0 Å². The van der Waals surface area contributed by atoms with Crippen LogP contribution < -0.4 is 9.88 Å². The average molecular weight is 309 g/mol. The van der Waals surface area contributed by atoms with Crippen molar-refractivity contribution in [2.75, 3.05) is 6.61 Å². The molecule has 0 aliphatic heterocycles. The number of hydrogen-bond donors (Lipinski definition) is 1. The van der Waals surface area contributed by atoms with Gasteiger partial charge in [-0.2, -0.15) is 0 Å². The minimum absolute atomic E-state index is 0.152. The highest BCUT2D eigenvalue weighted by atomic mass is 32.2. The third-order valence-corrected chi connectivity index (χ3v) is 4.48. The fourth-order valence-electron chi connectivity index (χ4n) is 2.21. The summed E-state index contributed by atoms with van der Waals surface area (Å²) in [6, 6.07) is 1.56. The average Bonchev–Trinajstić information content (AvgIpc) is 2.89. The van der Waals surface area contributed by atoms with Gasteiger partial charge in [0, 0.05) is 12.4 Å². The van der Waals surface area contributed by atoms with E-state index in [9.17, 15) is 8.42 Å². The highest BCUT2D eigenvalue weighted by Crippen LogP contribution is 2.30. The van der Waals surface area contributed by atoms with Gasteiger partial charge in [-0.3, -0.25) is 0 Å². The number of aryl methyl sites for hydroxylation is 1. The van der Waals surface area contributed by atoms with Crippen molar-refractivity contribution in [2.45, 2.75) is 32.2 Å². The third kappa shape index (κ3) is 3.43. The van der Waals surface area contributed by atoms with E-state index in [1.54, 1.807) is 25.5 Å². The summed E-state index contributed by atoms with van der Waals surface area (Å²) in [5, 5.41) is 5.23. The maximum absolute atomic E-state index is 11.6. The number of imidazole rings is 1. The molecule has 1 aromatic heterocycles. The molecule has 1 heterocycles. The predicted octanol–water partition coefficient (Wildman–Crippen LogP) is 1.53. The van der Waals surface area contributed by atoms with Gasteiger partial charge in [0.15, 0.2) is 0 Å². The second-order valence-corrected chi connectivity index (χ2v) is 6.49. The molecule has 2 aromatic rings. The number of ether oxygens (including phenoxy) is 1. The highest BCUT2D eigenvalue weighted by Gasteiger charge is 2.18.